The molecule has 2 amide bonds. The zero-order chi connectivity index (χ0) is 21.7. The van der Waals surface area contributed by atoms with Gasteiger partial charge in [0.1, 0.15) is 6.04 Å². The number of piperazine rings is 1. The lowest BCUT2D eigenvalue weighted by molar-refractivity contribution is -0.150. The zero-order valence-corrected chi connectivity index (χ0v) is 17.4. The van der Waals surface area contributed by atoms with E-state index in [2.05, 4.69) is 34.0 Å². The topological polar surface area (TPSA) is 115 Å². The third-order valence-corrected chi connectivity index (χ3v) is 5.10. The average Bonchev–Trinajstić information content (AvgIpc) is 3.22. The Morgan fingerprint density at radius 3 is 2.70 bits per heavy atom. The van der Waals surface area contributed by atoms with Crippen molar-refractivity contribution in [2.45, 2.75) is 45.1 Å². The third-order valence-electron chi connectivity index (χ3n) is 5.10. The first-order valence-electron chi connectivity index (χ1n) is 9.96. The Labute approximate surface area is 174 Å². The first-order valence-corrected chi connectivity index (χ1v) is 9.96. The largest absolute Gasteiger partial charge is 0.469 e. The van der Waals surface area contributed by atoms with Crippen LogP contribution in [0.1, 0.15) is 44.1 Å². The molecule has 0 saturated carbocycles. The summed E-state index contributed by atoms with van der Waals surface area (Å²) in [4.78, 5) is 42.2. The van der Waals surface area contributed by atoms with E-state index < -0.39 is 12.0 Å². The highest BCUT2D eigenvalue weighted by Gasteiger charge is 2.34. The number of amides is 2. The number of methoxy groups -OCH3 is 1. The van der Waals surface area contributed by atoms with Crippen molar-refractivity contribution < 1.29 is 23.6 Å². The summed E-state index contributed by atoms with van der Waals surface area (Å²) in [5.41, 5.74) is 2.06. The lowest BCUT2D eigenvalue weighted by Crippen LogP contribution is -2.57. The number of hydrogen-bond donors (Lipinski definition) is 1. The number of nitrogens with one attached hydrogen (secondary N) is 1. The van der Waals surface area contributed by atoms with Crippen molar-refractivity contribution in [2.75, 3.05) is 20.2 Å². The molecule has 1 saturated heterocycles. The molecule has 3 rings (SSSR count). The molecule has 1 N–H and O–H groups in total. The van der Waals surface area contributed by atoms with Gasteiger partial charge in [-0.15, -0.1) is 0 Å². The molecule has 0 radical (unpaired) electrons. The first kappa shape index (κ1) is 21.5. The van der Waals surface area contributed by atoms with Gasteiger partial charge in [-0.05, 0) is 11.5 Å². The van der Waals surface area contributed by atoms with Crippen molar-refractivity contribution in [3.63, 3.8) is 0 Å². The van der Waals surface area contributed by atoms with Crippen molar-refractivity contribution in [2.24, 2.45) is 0 Å². The molecule has 2 aromatic rings. The average molecular weight is 414 g/mol. The van der Waals surface area contributed by atoms with Gasteiger partial charge in [0.2, 0.25) is 23.5 Å². The molecule has 30 heavy (non-hydrogen) atoms. The summed E-state index contributed by atoms with van der Waals surface area (Å²) in [6.07, 6.45) is 0.170. The Bertz CT molecular complexity index is 906. The van der Waals surface area contributed by atoms with Crippen molar-refractivity contribution in [1.82, 2.24) is 20.4 Å². The molecule has 0 spiro atoms. The fourth-order valence-corrected chi connectivity index (χ4v) is 3.31. The third kappa shape index (κ3) is 5.03. The van der Waals surface area contributed by atoms with Gasteiger partial charge in [0.05, 0.1) is 13.5 Å². The normalized spacial score (nSPS) is 16.5. The molecule has 1 aliphatic heterocycles. The number of hydrogen-bond acceptors (Lipinski definition) is 7. The predicted octanol–water partition coefficient (Wildman–Crippen LogP) is 1.68. The lowest BCUT2D eigenvalue weighted by Gasteiger charge is -2.34. The van der Waals surface area contributed by atoms with E-state index in [1.54, 1.807) is 0 Å². The van der Waals surface area contributed by atoms with Crippen LogP contribution in [0.3, 0.4) is 0 Å². The maximum atomic E-state index is 12.7. The van der Waals surface area contributed by atoms with E-state index in [9.17, 15) is 14.4 Å². The van der Waals surface area contributed by atoms with Crippen LogP contribution in [0.15, 0.2) is 28.8 Å². The van der Waals surface area contributed by atoms with E-state index in [0.717, 1.165) is 5.56 Å². The van der Waals surface area contributed by atoms with E-state index in [0.29, 0.717) is 30.7 Å². The molecule has 1 aromatic heterocycles. The highest BCUT2D eigenvalue weighted by Crippen LogP contribution is 2.21. The number of aromatic nitrogens is 2. The van der Waals surface area contributed by atoms with Crippen molar-refractivity contribution in [3.8, 4) is 11.4 Å². The Balaban J connectivity index is 1.61. The van der Waals surface area contributed by atoms with E-state index in [-0.39, 0.29) is 31.1 Å². The molecule has 1 atom stereocenters. The zero-order valence-electron chi connectivity index (χ0n) is 17.4. The van der Waals surface area contributed by atoms with Gasteiger partial charge in [0.25, 0.3) is 0 Å². The number of esters is 1. The van der Waals surface area contributed by atoms with Gasteiger partial charge in [-0.3, -0.25) is 14.4 Å². The van der Waals surface area contributed by atoms with Gasteiger partial charge in [-0.1, -0.05) is 43.3 Å². The summed E-state index contributed by atoms with van der Waals surface area (Å²) in [6, 6.07) is 7.08. The molecular weight excluding hydrogens is 388 g/mol. The molecular formula is C21H26N4O5. The Kier molecular flexibility index (Phi) is 6.81. The highest BCUT2D eigenvalue weighted by molar-refractivity contribution is 5.91. The van der Waals surface area contributed by atoms with Crippen LogP contribution in [0.4, 0.5) is 0 Å². The number of carbonyl (C=O) groups is 3. The van der Waals surface area contributed by atoms with Gasteiger partial charge in [-0.2, -0.15) is 4.98 Å². The second kappa shape index (κ2) is 9.51. The minimum absolute atomic E-state index is 0.0961. The molecule has 160 valence electrons. The second-order valence-electron chi connectivity index (χ2n) is 7.46. The number of ether oxygens (including phenoxy) is 1. The summed E-state index contributed by atoms with van der Waals surface area (Å²) in [6.45, 7) is 4.93. The van der Waals surface area contributed by atoms with E-state index in [1.165, 1.54) is 17.6 Å². The van der Waals surface area contributed by atoms with Gasteiger partial charge in [-0.25, -0.2) is 0 Å². The molecule has 9 heteroatoms. The lowest BCUT2D eigenvalue weighted by atomic mass is 10.0. The summed E-state index contributed by atoms with van der Waals surface area (Å²) >= 11 is 0. The predicted molar refractivity (Wildman–Crippen MR) is 107 cm³/mol. The Hall–Kier alpha value is -3.23. The van der Waals surface area contributed by atoms with E-state index >= 15 is 0 Å². The van der Waals surface area contributed by atoms with Crippen LogP contribution in [-0.2, 0) is 25.5 Å². The number of rotatable bonds is 7. The van der Waals surface area contributed by atoms with Gasteiger partial charge in [0, 0.05) is 31.5 Å². The van der Waals surface area contributed by atoms with Crippen LogP contribution in [0.2, 0.25) is 0 Å². The smallest absolute Gasteiger partial charge is 0.308 e. The maximum Gasteiger partial charge on any atom is 0.308 e. The minimum Gasteiger partial charge on any atom is -0.469 e. The fourth-order valence-electron chi connectivity index (χ4n) is 3.31. The SMILES string of the molecule is COC(=O)CC1C(=O)NCCN1C(=O)CCc1nc(-c2ccc(C(C)C)cc2)no1. The molecule has 0 aliphatic carbocycles. The highest BCUT2D eigenvalue weighted by atomic mass is 16.5. The van der Waals surface area contributed by atoms with Crippen LogP contribution in [-0.4, -0.2) is 59.1 Å². The number of benzene rings is 1. The quantitative estimate of drug-likeness (QED) is 0.686. The molecule has 0 bridgehead atoms. The van der Waals surface area contributed by atoms with Crippen LogP contribution in [0.5, 0.6) is 0 Å². The summed E-state index contributed by atoms with van der Waals surface area (Å²) in [5.74, 6) is 0.0984. The standard InChI is InChI=1S/C21H26N4O5/c1-13(2)14-4-6-15(7-5-14)20-23-17(30-24-20)8-9-18(26)25-11-10-22-21(28)16(25)12-19(27)29-3/h4-7,13,16H,8-12H2,1-3H3,(H,22,28). The monoisotopic (exact) mass is 414 g/mol. The van der Waals surface area contributed by atoms with Gasteiger partial charge in [0.15, 0.2) is 0 Å². The Morgan fingerprint density at radius 2 is 2.03 bits per heavy atom. The van der Waals surface area contributed by atoms with Crippen LogP contribution >= 0.6 is 0 Å². The van der Waals surface area contributed by atoms with E-state index in [4.69, 9.17) is 4.52 Å². The van der Waals surface area contributed by atoms with Crippen molar-refractivity contribution in [3.05, 3.63) is 35.7 Å². The summed E-state index contributed by atoms with van der Waals surface area (Å²) in [7, 11) is 1.25. The van der Waals surface area contributed by atoms with Crippen molar-refractivity contribution in [1.29, 1.82) is 0 Å². The summed E-state index contributed by atoms with van der Waals surface area (Å²) in [5, 5.41) is 6.66. The van der Waals surface area contributed by atoms with Crippen LogP contribution in [0, 0.1) is 0 Å². The molecule has 2 heterocycles. The van der Waals surface area contributed by atoms with Crippen LogP contribution < -0.4 is 5.32 Å². The molecule has 1 fully saturated rings. The number of aryl methyl sites for hydroxylation is 1. The number of carbonyl (C=O) groups excluding carboxylic acids is 3. The summed E-state index contributed by atoms with van der Waals surface area (Å²) < 4.78 is 9.91. The molecule has 1 aromatic carbocycles. The van der Waals surface area contributed by atoms with Gasteiger partial charge >= 0.3 is 5.97 Å². The maximum absolute atomic E-state index is 12.7. The molecule has 1 unspecified atom stereocenters. The van der Waals surface area contributed by atoms with Crippen molar-refractivity contribution >= 4 is 17.8 Å². The van der Waals surface area contributed by atoms with Gasteiger partial charge < -0.3 is 19.5 Å². The Morgan fingerprint density at radius 1 is 1.30 bits per heavy atom. The minimum atomic E-state index is -0.864. The molecule has 1 aliphatic rings. The first-order chi connectivity index (χ1) is 14.4. The van der Waals surface area contributed by atoms with Crippen LogP contribution in [0.25, 0.3) is 11.4 Å². The second-order valence-corrected chi connectivity index (χ2v) is 7.46. The number of nitrogens with zero attached hydrogens (tertiary/aromatic N) is 3. The fraction of sp³-hybridized carbons (Fsp3) is 0.476. The molecule has 9 nitrogen and oxygen atoms in total. The van der Waals surface area contributed by atoms with E-state index in [1.807, 2.05) is 24.3 Å².